The summed E-state index contributed by atoms with van der Waals surface area (Å²) in [6.45, 7) is 5.18. The number of aryl methyl sites for hydroxylation is 2. The summed E-state index contributed by atoms with van der Waals surface area (Å²) in [6, 6.07) is 6.68. The van der Waals surface area contributed by atoms with Crippen LogP contribution in [-0.2, 0) is 16.6 Å². The van der Waals surface area contributed by atoms with Gasteiger partial charge in [-0.05, 0) is 32.9 Å². The minimum Gasteiger partial charge on any atom is -0.449 e. The zero-order valence-corrected chi connectivity index (χ0v) is 15.5. The van der Waals surface area contributed by atoms with E-state index in [2.05, 4.69) is 15.4 Å². The van der Waals surface area contributed by atoms with Crippen LogP contribution in [0, 0.1) is 13.8 Å². The van der Waals surface area contributed by atoms with Crippen LogP contribution in [0.5, 0.6) is 0 Å². The molecule has 0 aliphatic carbocycles. The fourth-order valence-corrected chi connectivity index (χ4v) is 2.59. The Balaban J connectivity index is 1.63. The molecule has 3 aromatic rings. The molecule has 0 spiro atoms. The molecule has 0 saturated heterocycles. The lowest BCUT2D eigenvalue weighted by atomic mass is 10.1. The molecular weight excluding hydrogens is 348 g/mol. The highest BCUT2D eigenvalue weighted by molar-refractivity contribution is 5.98. The first-order valence-corrected chi connectivity index (χ1v) is 8.37. The molecule has 1 atom stereocenters. The molecule has 0 radical (unpaired) electrons. The Morgan fingerprint density at radius 3 is 2.48 bits per heavy atom. The van der Waals surface area contributed by atoms with Gasteiger partial charge in [0.1, 0.15) is 0 Å². The molecule has 1 unspecified atom stereocenters. The summed E-state index contributed by atoms with van der Waals surface area (Å²) >= 11 is 0. The zero-order chi connectivity index (χ0) is 19.6. The molecule has 1 N–H and O–H groups in total. The first-order valence-electron chi connectivity index (χ1n) is 8.37. The Kier molecular flexibility index (Phi) is 5.07. The quantitative estimate of drug-likeness (QED) is 0.695. The summed E-state index contributed by atoms with van der Waals surface area (Å²) in [7, 11) is 1.80. The Morgan fingerprint density at radius 1 is 1.22 bits per heavy atom. The van der Waals surface area contributed by atoms with Crippen LogP contribution in [0.15, 0.2) is 41.3 Å². The third kappa shape index (κ3) is 3.89. The van der Waals surface area contributed by atoms with Crippen molar-refractivity contribution in [1.82, 2.24) is 14.8 Å². The summed E-state index contributed by atoms with van der Waals surface area (Å²) < 4.78 is 12.2. The van der Waals surface area contributed by atoms with Crippen molar-refractivity contribution in [2.45, 2.75) is 26.9 Å². The normalized spacial score (nSPS) is 11.9. The van der Waals surface area contributed by atoms with Crippen LogP contribution in [0.3, 0.4) is 0 Å². The van der Waals surface area contributed by atoms with Crippen molar-refractivity contribution in [3.63, 3.8) is 0 Å². The maximum Gasteiger partial charge on any atom is 0.338 e. The molecule has 2 heterocycles. The van der Waals surface area contributed by atoms with Gasteiger partial charge in [0.25, 0.3) is 5.91 Å². The molecule has 0 aliphatic rings. The minimum atomic E-state index is -0.953. The molecule has 27 heavy (non-hydrogen) atoms. The van der Waals surface area contributed by atoms with Gasteiger partial charge in [-0.1, -0.05) is 12.1 Å². The Labute approximate surface area is 156 Å². The van der Waals surface area contributed by atoms with Crippen molar-refractivity contribution in [3.8, 4) is 11.3 Å². The monoisotopic (exact) mass is 368 g/mol. The highest BCUT2D eigenvalue weighted by Gasteiger charge is 2.21. The molecule has 0 fully saturated rings. The molecule has 8 nitrogen and oxygen atoms in total. The Morgan fingerprint density at radius 2 is 1.93 bits per heavy atom. The number of ether oxygens (including phenoxy) is 1. The highest BCUT2D eigenvalue weighted by Crippen LogP contribution is 2.20. The van der Waals surface area contributed by atoms with E-state index in [1.807, 2.05) is 6.92 Å². The maximum atomic E-state index is 12.4. The van der Waals surface area contributed by atoms with Crippen LogP contribution in [-0.4, -0.2) is 32.7 Å². The number of benzene rings is 1. The highest BCUT2D eigenvalue weighted by atomic mass is 16.5. The zero-order valence-electron chi connectivity index (χ0n) is 15.5. The van der Waals surface area contributed by atoms with E-state index < -0.39 is 18.0 Å². The van der Waals surface area contributed by atoms with Gasteiger partial charge in [-0.25, -0.2) is 9.78 Å². The predicted octanol–water partition coefficient (Wildman–Crippen LogP) is 2.88. The van der Waals surface area contributed by atoms with Crippen molar-refractivity contribution in [3.05, 3.63) is 53.8 Å². The third-order valence-corrected chi connectivity index (χ3v) is 4.25. The van der Waals surface area contributed by atoms with E-state index in [0.717, 1.165) is 11.3 Å². The average Bonchev–Trinajstić information content (AvgIpc) is 3.26. The molecule has 0 saturated carbocycles. The fraction of sp³-hybridized carbons (Fsp3) is 0.263. The lowest BCUT2D eigenvalue weighted by Gasteiger charge is -2.14. The first kappa shape index (κ1) is 18.4. The standard InChI is InChI=1S/C19H20N4O4/c1-11-17(12(2)23(4)22-11)21-18(24)13(3)27-19(25)15-7-5-14(6-8-15)16-9-20-10-26-16/h5-10,13H,1-4H3,(H,21,24). The second-order valence-corrected chi connectivity index (χ2v) is 6.15. The van der Waals surface area contributed by atoms with Gasteiger partial charge < -0.3 is 14.5 Å². The summed E-state index contributed by atoms with van der Waals surface area (Å²) in [5.74, 6) is -0.396. The molecular formula is C19H20N4O4. The SMILES string of the molecule is Cc1nn(C)c(C)c1NC(=O)C(C)OC(=O)c1ccc(-c2cnco2)cc1. The lowest BCUT2D eigenvalue weighted by Crippen LogP contribution is -2.30. The third-order valence-electron chi connectivity index (χ3n) is 4.25. The van der Waals surface area contributed by atoms with Gasteiger partial charge in [-0.3, -0.25) is 9.48 Å². The fourth-order valence-electron chi connectivity index (χ4n) is 2.59. The van der Waals surface area contributed by atoms with E-state index in [-0.39, 0.29) is 0 Å². The van der Waals surface area contributed by atoms with Gasteiger partial charge >= 0.3 is 5.97 Å². The molecule has 0 bridgehead atoms. The van der Waals surface area contributed by atoms with Crippen LogP contribution < -0.4 is 5.32 Å². The summed E-state index contributed by atoms with van der Waals surface area (Å²) in [5, 5.41) is 7.01. The van der Waals surface area contributed by atoms with Crippen LogP contribution in [0.1, 0.15) is 28.7 Å². The van der Waals surface area contributed by atoms with Crippen LogP contribution in [0.25, 0.3) is 11.3 Å². The van der Waals surface area contributed by atoms with Gasteiger partial charge in [0.15, 0.2) is 18.3 Å². The smallest absolute Gasteiger partial charge is 0.338 e. The number of esters is 1. The Bertz CT molecular complexity index is 959. The summed E-state index contributed by atoms with van der Waals surface area (Å²) in [5.41, 5.74) is 3.28. The number of anilines is 1. The summed E-state index contributed by atoms with van der Waals surface area (Å²) in [4.78, 5) is 28.5. The van der Waals surface area contributed by atoms with Crippen LogP contribution in [0.2, 0.25) is 0 Å². The van der Waals surface area contributed by atoms with E-state index in [9.17, 15) is 9.59 Å². The second-order valence-electron chi connectivity index (χ2n) is 6.15. The number of nitrogens with zero attached hydrogens (tertiary/aromatic N) is 3. The first-order chi connectivity index (χ1) is 12.9. The van der Waals surface area contributed by atoms with E-state index in [1.165, 1.54) is 13.3 Å². The number of carbonyl (C=O) groups excluding carboxylic acids is 2. The van der Waals surface area contributed by atoms with E-state index >= 15 is 0 Å². The van der Waals surface area contributed by atoms with Crippen LogP contribution >= 0.6 is 0 Å². The number of hydrogen-bond donors (Lipinski definition) is 1. The Hall–Kier alpha value is -3.42. The van der Waals surface area contributed by atoms with Gasteiger partial charge in [0.05, 0.1) is 28.8 Å². The molecule has 140 valence electrons. The number of nitrogens with one attached hydrogen (secondary N) is 1. The van der Waals surface area contributed by atoms with Crippen molar-refractivity contribution in [2.24, 2.45) is 7.05 Å². The number of aromatic nitrogens is 3. The largest absolute Gasteiger partial charge is 0.449 e. The average molecular weight is 368 g/mol. The van der Waals surface area contributed by atoms with Crippen LogP contribution in [0.4, 0.5) is 5.69 Å². The summed E-state index contributed by atoms with van der Waals surface area (Å²) in [6.07, 6.45) is 1.97. The van der Waals surface area contributed by atoms with Crippen molar-refractivity contribution in [2.75, 3.05) is 5.32 Å². The lowest BCUT2D eigenvalue weighted by molar-refractivity contribution is -0.123. The predicted molar refractivity (Wildman–Crippen MR) is 98.1 cm³/mol. The number of carbonyl (C=O) groups is 2. The second kappa shape index (κ2) is 7.45. The van der Waals surface area contributed by atoms with Crippen molar-refractivity contribution >= 4 is 17.6 Å². The molecule has 1 aromatic carbocycles. The number of rotatable bonds is 5. The van der Waals surface area contributed by atoms with E-state index in [1.54, 1.807) is 49.1 Å². The molecule has 0 aliphatic heterocycles. The number of oxazole rings is 1. The van der Waals surface area contributed by atoms with Gasteiger partial charge in [-0.15, -0.1) is 0 Å². The van der Waals surface area contributed by atoms with Crippen molar-refractivity contribution < 1.29 is 18.7 Å². The number of hydrogen-bond acceptors (Lipinski definition) is 6. The van der Waals surface area contributed by atoms with Gasteiger partial charge in [0.2, 0.25) is 0 Å². The molecule has 1 amide bonds. The molecule has 8 heteroatoms. The van der Waals surface area contributed by atoms with Gasteiger partial charge in [0, 0.05) is 12.6 Å². The maximum absolute atomic E-state index is 12.4. The molecule has 2 aromatic heterocycles. The van der Waals surface area contributed by atoms with E-state index in [0.29, 0.717) is 22.7 Å². The molecule has 3 rings (SSSR count). The topological polar surface area (TPSA) is 99.2 Å². The van der Waals surface area contributed by atoms with Gasteiger partial charge in [-0.2, -0.15) is 5.10 Å². The minimum absolute atomic E-state index is 0.339. The van der Waals surface area contributed by atoms with E-state index in [4.69, 9.17) is 9.15 Å². The number of amides is 1. The van der Waals surface area contributed by atoms with Crippen molar-refractivity contribution in [1.29, 1.82) is 0 Å².